The van der Waals surface area contributed by atoms with Gasteiger partial charge in [-0.1, -0.05) is 12.1 Å². The number of aromatic nitrogens is 1. The number of amides is 1. The molecule has 0 radical (unpaired) electrons. The summed E-state index contributed by atoms with van der Waals surface area (Å²) in [4.78, 5) is 20.4. The number of pyridine rings is 1. The van der Waals surface area contributed by atoms with Gasteiger partial charge >= 0.3 is 0 Å². The first-order valence-electron chi connectivity index (χ1n) is 8.00. The largest absolute Gasteiger partial charge is 0.481 e. The third-order valence-corrected chi connectivity index (χ3v) is 3.92. The second kappa shape index (κ2) is 7.65. The lowest BCUT2D eigenvalue weighted by molar-refractivity contribution is 0.102. The van der Waals surface area contributed by atoms with Gasteiger partial charge in [-0.25, -0.2) is 9.98 Å². The van der Waals surface area contributed by atoms with Crippen LogP contribution < -0.4 is 15.8 Å². The van der Waals surface area contributed by atoms with Gasteiger partial charge in [-0.05, 0) is 36.6 Å². The molecule has 130 valence electrons. The summed E-state index contributed by atoms with van der Waals surface area (Å²) in [6.07, 6.45) is 3.24. The van der Waals surface area contributed by atoms with E-state index in [4.69, 9.17) is 15.2 Å². The summed E-state index contributed by atoms with van der Waals surface area (Å²) in [6, 6.07) is 11.5. The molecule has 0 spiro atoms. The second-order valence-electron chi connectivity index (χ2n) is 5.71. The number of rotatable bonds is 6. The number of hydrogen-bond donors (Lipinski definition) is 2. The van der Waals surface area contributed by atoms with Crippen LogP contribution in [0.1, 0.15) is 22.3 Å². The average Bonchev–Trinajstić information content (AvgIpc) is 3.06. The van der Waals surface area contributed by atoms with E-state index in [2.05, 4.69) is 15.3 Å². The highest BCUT2D eigenvalue weighted by atomic mass is 16.5. The van der Waals surface area contributed by atoms with Gasteiger partial charge in [0.15, 0.2) is 0 Å². The monoisotopic (exact) mass is 340 g/mol. The number of aliphatic imine (C=N–C) groups is 1. The average molecular weight is 340 g/mol. The predicted octanol–water partition coefficient (Wildman–Crippen LogP) is 1.99. The van der Waals surface area contributed by atoms with Gasteiger partial charge in [0.25, 0.3) is 11.9 Å². The molecule has 3 N–H and O–H groups in total. The molecular weight excluding hydrogens is 320 g/mol. The number of benzene rings is 1. The van der Waals surface area contributed by atoms with E-state index in [1.165, 1.54) is 18.9 Å². The highest BCUT2D eigenvalue weighted by Gasteiger charge is 2.16. The van der Waals surface area contributed by atoms with E-state index in [0.29, 0.717) is 18.1 Å². The molecule has 0 bridgehead atoms. The van der Waals surface area contributed by atoms with Crippen LogP contribution in [-0.2, 0) is 11.2 Å². The fourth-order valence-electron chi connectivity index (χ4n) is 2.51. The first-order valence-corrected chi connectivity index (χ1v) is 8.00. The van der Waals surface area contributed by atoms with Crippen molar-refractivity contribution < 1.29 is 14.3 Å². The molecule has 1 amide bonds. The first-order chi connectivity index (χ1) is 12.1. The maximum absolute atomic E-state index is 12.2. The van der Waals surface area contributed by atoms with E-state index < -0.39 is 0 Å². The lowest BCUT2D eigenvalue weighted by Gasteiger charge is -2.08. The van der Waals surface area contributed by atoms with Gasteiger partial charge in [-0.15, -0.1) is 0 Å². The number of amidine groups is 1. The molecule has 0 fully saturated rings. The molecule has 1 atom stereocenters. The highest BCUT2D eigenvalue weighted by Crippen LogP contribution is 2.16. The molecule has 2 heterocycles. The number of anilines is 1. The summed E-state index contributed by atoms with van der Waals surface area (Å²) >= 11 is 0. The minimum absolute atomic E-state index is 0.127. The van der Waals surface area contributed by atoms with Crippen molar-refractivity contribution in [1.29, 1.82) is 0 Å². The molecule has 1 aromatic carbocycles. The third kappa shape index (κ3) is 4.47. The van der Waals surface area contributed by atoms with E-state index in [9.17, 15) is 4.79 Å². The van der Waals surface area contributed by atoms with Crippen molar-refractivity contribution in [2.75, 3.05) is 19.0 Å². The summed E-state index contributed by atoms with van der Waals surface area (Å²) in [5, 5.41) is 2.85. The molecule has 0 aliphatic carbocycles. The number of hydrogen-bond acceptors (Lipinski definition) is 6. The van der Waals surface area contributed by atoms with Gasteiger partial charge in [0.05, 0.1) is 18.7 Å². The Hall–Kier alpha value is -3.09. The normalized spacial score (nSPS) is 16.0. The van der Waals surface area contributed by atoms with Crippen molar-refractivity contribution in [2.24, 2.45) is 10.7 Å². The predicted molar refractivity (Wildman–Crippen MR) is 94.9 cm³/mol. The van der Waals surface area contributed by atoms with Gasteiger partial charge in [0, 0.05) is 18.0 Å². The maximum Gasteiger partial charge on any atom is 0.282 e. The third-order valence-electron chi connectivity index (χ3n) is 3.92. The van der Waals surface area contributed by atoms with Crippen molar-refractivity contribution in [3.05, 3.63) is 53.7 Å². The molecular formula is C18H20N4O3. The summed E-state index contributed by atoms with van der Waals surface area (Å²) in [6.45, 7) is 0.551. The topological polar surface area (TPSA) is 98.8 Å². The number of aryl methyl sites for hydroxylation is 1. The fourth-order valence-corrected chi connectivity index (χ4v) is 2.51. The molecule has 2 aromatic rings. The van der Waals surface area contributed by atoms with Crippen molar-refractivity contribution in [3.8, 4) is 5.88 Å². The zero-order chi connectivity index (χ0) is 17.6. The minimum Gasteiger partial charge on any atom is -0.481 e. The Morgan fingerprint density at radius 1 is 1.32 bits per heavy atom. The molecule has 1 aliphatic heterocycles. The van der Waals surface area contributed by atoms with Gasteiger partial charge in [0.1, 0.15) is 6.61 Å². The maximum atomic E-state index is 12.2. The quantitative estimate of drug-likeness (QED) is 0.838. The van der Waals surface area contributed by atoms with Gasteiger partial charge in [0.2, 0.25) is 5.88 Å². The zero-order valence-corrected chi connectivity index (χ0v) is 13.9. The Morgan fingerprint density at radius 3 is 2.72 bits per heavy atom. The van der Waals surface area contributed by atoms with E-state index >= 15 is 0 Å². The van der Waals surface area contributed by atoms with E-state index in [1.807, 2.05) is 24.3 Å². The highest BCUT2D eigenvalue weighted by molar-refractivity contribution is 6.04. The van der Waals surface area contributed by atoms with Crippen LogP contribution in [0.4, 0.5) is 5.69 Å². The molecule has 1 aromatic heterocycles. The van der Waals surface area contributed by atoms with Crippen LogP contribution in [0.15, 0.2) is 47.6 Å². The van der Waals surface area contributed by atoms with E-state index in [1.54, 1.807) is 12.1 Å². The fraction of sp³-hybridized carbons (Fsp3) is 0.278. The van der Waals surface area contributed by atoms with Crippen molar-refractivity contribution in [3.63, 3.8) is 0 Å². The Bertz CT molecular complexity index is 757. The van der Waals surface area contributed by atoms with Crippen molar-refractivity contribution in [1.82, 2.24) is 4.98 Å². The number of nitrogens with zero attached hydrogens (tertiary/aromatic N) is 2. The van der Waals surface area contributed by atoms with Crippen molar-refractivity contribution in [2.45, 2.75) is 18.9 Å². The standard InChI is InChI=1S/C18H20N4O3/c1-24-16-9-5-13(10-20-16)17(23)21-14-6-2-12(3-7-14)4-8-15-11-25-18(19)22-15/h2-3,5-7,9-10,15H,4,8,11H2,1H3,(H2,19,22)(H,21,23)/t15-/m0/s1. The van der Waals surface area contributed by atoms with Crippen LogP contribution in [0.5, 0.6) is 5.88 Å². The molecule has 7 heteroatoms. The molecule has 7 nitrogen and oxygen atoms in total. The summed E-state index contributed by atoms with van der Waals surface area (Å²) < 4.78 is 10.1. The van der Waals surface area contributed by atoms with E-state index in [-0.39, 0.29) is 18.0 Å². The van der Waals surface area contributed by atoms with Gasteiger partial charge in [-0.3, -0.25) is 4.79 Å². The molecule has 0 saturated heterocycles. The lowest BCUT2D eigenvalue weighted by Crippen LogP contribution is -2.12. The number of ether oxygens (including phenoxy) is 2. The Kier molecular flexibility index (Phi) is 5.13. The first kappa shape index (κ1) is 16.8. The minimum atomic E-state index is -0.212. The van der Waals surface area contributed by atoms with Crippen LogP contribution in [0.2, 0.25) is 0 Å². The van der Waals surface area contributed by atoms with Crippen molar-refractivity contribution >= 4 is 17.6 Å². The molecule has 1 aliphatic rings. The molecule has 0 saturated carbocycles. The van der Waals surface area contributed by atoms with Crippen LogP contribution in [0, 0.1) is 0 Å². The van der Waals surface area contributed by atoms with Crippen LogP contribution in [0.3, 0.4) is 0 Å². The second-order valence-corrected chi connectivity index (χ2v) is 5.71. The Balaban J connectivity index is 1.53. The van der Waals surface area contributed by atoms with E-state index in [0.717, 1.165) is 18.5 Å². The van der Waals surface area contributed by atoms with Crippen LogP contribution >= 0.6 is 0 Å². The summed E-state index contributed by atoms with van der Waals surface area (Å²) in [5.74, 6) is 0.260. The number of carbonyl (C=O) groups is 1. The van der Waals surface area contributed by atoms with Crippen LogP contribution in [0.25, 0.3) is 0 Å². The van der Waals surface area contributed by atoms with Gasteiger partial charge in [-0.2, -0.15) is 0 Å². The number of carbonyl (C=O) groups excluding carboxylic acids is 1. The number of nitrogens with two attached hydrogens (primary N) is 1. The van der Waals surface area contributed by atoms with Crippen LogP contribution in [-0.4, -0.2) is 36.7 Å². The molecule has 3 rings (SSSR count). The summed E-state index contributed by atoms with van der Waals surface area (Å²) in [5.41, 5.74) is 7.88. The van der Waals surface area contributed by atoms with Gasteiger partial charge < -0.3 is 20.5 Å². The number of nitrogens with one attached hydrogen (secondary N) is 1. The molecule has 25 heavy (non-hydrogen) atoms. The SMILES string of the molecule is COc1ccc(C(=O)Nc2ccc(CC[C@H]3COC(N)=N3)cc2)cn1. The lowest BCUT2D eigenvalue weighted by atomic mass is 10.1. The number of methoxy groups -OCH3 is 1. The zero-order valence-electron chi connectivity index (χ0n) is 13.9. The Labute approximate surface area is 145 Å². The Morgan fingerprint density at radius 2 is 2.12 bits per heavy atom. The summed E-state index contributed by atoms with van der Waals surface area (Å²) in [7, 11) is 1.53. The smallest absolute Gasteiger partial charge is 0.282 e. The molecule has 0 unspecified atom stereocenters.